The Labute approximate surface area is 165 Å². The van der Waals surface area contributed by atoms with E-state index in [4.69, 9.17) is 23.2 Å². The van der Waals surface area contributed by atoms with Crippen LogP contribution in [0.4, 0.5) is 0 Å². The number of amides is 2. The third-order valence-electron chi connectivity index (χ3n) is 3.61. The summed E-state index contributed by atoms with van der Waals surface area (Å²) in [7, 11) is 0. The minimum Gasteiger partial charge on any atom is -0.343 e. The molecule has 2 aromatic carbocycles. The average Bonchev–Trinajstić information content (AvgIpc) is 2.67. The van der Waals surface area contributed by atoms with Crippen LogP contribution in [0.25, 0.3) is 10.9 Å². The van der Waals surface area contributed by atoms with Crippen molar-refractivity contribution in [3.8, 4) is 0 Å². The standard InChI is InChI=1S/C19H14Cl2N4O2/c20-15-7-5-12(6-8-15)19(27)22-11-17(26)25-23-10-14-9-13-3-1-2-4-16(13)24-18(14)21/h1-10H,11H2,(H,22,27)(H,25,26). The second-order valence-corrected chi connectivity index (χ2v) is 6.34. The van der Waals surface area contributed by atoms with Gasteiger partial charge in [0, 0.05) is 21.5 Å². The molecule has 0 radical (unpaired) electrons. The Morgan fingerprint density at radius 2 is 1.81 bits per heavy atom. The molecule has 0 spiro atoms. The molecule has 0 aliphatic carbocycles. The van der Waals surface area contributed by atoms with E-state index in [0.717, 1.165) is 10.9 Å². The number of nitrogens with one attached hydrogen (secondary N) is 2. The van der Waals surface area contributed by atoms with E-state index in [1.54, 1.807) is 24.3 Å². The highest BCUT2D eigenvalue weighted by Gasteiger charge is 2.07. The maximum absolute atomic E-state index is 11.9. The predicted octanol–water partition coefficient (Wildman–Crippen LogP) is 3.42. The van der Waals surface area contributed by atoms with E-state index in [0.29, 0.717) is 16.1 Å². The van der Waals surface area contributed by atoms with Crippen molar-refractivity contribution in [1.29, 1.82) is 0 Å². The Bertz CT molecular complexity index is 1020. The highest BCUT2D eigenvalue weighted by Crippen LogP contribution is 2.18. The third kappa shape index (κ3) is 5.03. The lowest BCUT2D eigenvalue weighted by molar-refractivity contribution is -0.120. The minimum absolute atomic E-state index is 0.220. The molecule has 8 heteroatoms. The number of benzene rings is 2. The van der Waals surface area contributed by atoms with Crippen LogP contribution in [0.15, 0.2) is 59.7 Å². The zero-order chi connectivity index (χ0) is 19.2. The number of nitrogens with zero attached hydrogens (tertiary/aromatic N) is 2. The smallest absolute Gasteiger partial charge is 0.259 e. The summed E-state index contributed by atoms with van der Waals surface area (Å²) in [5, 5.41) is 8.07. The van der Waals surface area contributed by atoms with Gasteiger partial charge in [-0.3, -0.25) is 9.59 Å². The van der Waals surface area contributed by atoms with E-state index < -0.39 is 5.91 Å². The monoisotopic (exact) mass is 400 g/mol. The molecule has 6 nitrogen and oxygen atoms in total. The third-order valence-corrected chi connectivity index (χ3v) is 4.17. The van der Waals surface area contributed by atoms with Gasteiger partial charge in [0.05, 0.1) is 18.3 Å². The van der Waals surface area contributed by atoms with Crippen molar-refractivity contribution in [3.63, 3.8) is 0 Å². The first-order valence-electron chi connectivity index (χ1n) is 7.94. The molecule has 1 aromatic heterocycles. The number of carbonyl (C=O) groups excluding carboxylic acids is 2. The first-order valence-corrected chi connectivity index (χ1v) is 8.69. The SMILES string of the molecule is O=C(CNC(=O)c1ccc(Cl)cc1)NN=Cc1cc2ccccc2nc1Cl. The Kier molecular flexibility index (Phi) is 6.01. The lowest BCUT2D eigenvalue weighted by atomic mass is 10.2. The second-order valence-electron chi connectivity index (χ2n) is 5.54. The molecule has 0 aliphatic rings. The van der Waals surface area contributed by atoms with E-state index in [1.807, 2.05) is 30.3 Å². The molecule has 136 valence electrons. The van der Waals surface area contributed by atoms with E-state index >= 15 is 0 Å². The zero-order valence-corrected chi connectivity index (χ0v) is 15.5. The van der Waals surface area contributed by atoms with E-state index in [-0.39, 0.29) is 17.6 Å². The topological polar surface area (TPSA) is 83.5 Å². The maximum Gasteiger partial charge on any atom is 0.259 e. The Morgan fingerprint density at radius 3 is 2.59 bits per heavy atom. The molecule has 3 rings (SSSR count). The molecule has 3 aromatic rings. The molecule has 0 fully saturated rings. The van der Waals surface area contributed by atoms with Gasteiger partial charge < -0.3 is 5.32 Å². The molecule has 0 unspecified atom stereocenters. The van der Waals surface area contributed by atoms with Gasteiger partial charge in [-0.1, -0.05) is 41.4 Å². The zero-order valence-electron chi connectivity index (χ0n) is 13.9. The molecule has 1 heterocycles. The summed E-state index contributed by atoms with van der Waals surface area (Å²) in [5.41, 5.74) is 4.08. The van der Waals surface area contributed by atoms with Crippen LogP contribution < -0.4 is 10.7 Å². The summed E-state index contributed by atoms with van der Waals surface area (Å²) < 4.78 is 0. The molecule has 0 bridgehead atoms. The lowest BCUT2D eigenvalue weighted by Crippen LogP contribution is -2.34. The van der Waals surface area contributed by atoms with Crippen LogP contribution in [0.3, 0.4) is 0 Å². The number of hydrogen-bond donors (Lipinski definition) is 2. The van der Waals surface area contributed by atoms with Gasteiger partial charge in [0.25, 0.3) is 11.8 Å². The summed E-state index contributed by atoms with van der Waals surface area (Å²) in [6, 6.07) is 15.7. The van der Waals surface area contributed by atoms with Gasteiger partial charge in [-0.2, -0.15) is 5.10 Å². The van der Waals surface area contributed by atoms with Crippen molar-refractivity contribution >= 4 is 52.1 Å². The van der Waals surface area contributed by atoms with Gasteiger partial charge in [-0.15, -0.1) is 0 Å². The van der Waals surface area contributed by atoms with Crippen LogP contribution in [0.1, 0.15) is 15.9 Å². The predicted molar refractivity (Wildman–Crippen MR) is 106 cm³/mol. The van der Waals surface area contributed by atoms with Gasteiger partial charge in [0.2, 0.25) is 0 Å². The van der Waals surface area contributed by atoms with Crippen LogP contribution in [0, 0.1) is 0 Å². The van der Waals surface area contributed by atoms with Crippen molar-refractivity contribution < 1.29 is 9.59 Å². The van der Waals surface area contributed by atoms with Crippen LogP contribution in [0.5, 0.6) is 0 Å². The van der Waals surface area contributed by atoms with Crippen LogP contribution >= 0.6 is 23.2 Å². The first-order chi connectivity index (χ1) is 13.0. The Hall–Kier alpha value is -2.96. The van der Waals surface area contributed by atoms with Crippen molar-refractivity contribution in [2.45, 2.75) is 0 Å². The van der Waals surface area contributed by atoms with Crippen molar-refractivity contribution in [3.05, 3.63) is 75.9 Å². The van der Waals surface area contributed by atoms with Crippen LogP contribution in [-0.4, -0.2) is 29.6 Å². The van der Waals surface area contributed by atoms with Gasteiger partial charge >= 0.3 is 0 Å². The normalized spacial score (nSPS) is 10.9. The largest absolute Gasteiger partial charge is 0.343 e. The molecular formula is C19H14Cl2N4O2. The molecule has 2 amide bonds. The summed E-state index contributed by atoms with van der Waals surface area (Å²) >= 11 is 11.9. The highest BCUT2D eigenvalue weighted by atomic mass is 35.5. The van der Waals surface area contributed by atoms with E-state index in [2.05, 4.69) is 20.8 Å². The van der Waals surface area contributed by atoms with Gasteiger partial charge in [0.1, 0.15) is 5.15 Å². The minimum atomic E-state index is -0.474. The number of aromatic nitrogens is 1. The fourth-order valence-corrected chi connectivity index (χ4v) is 2.60. The first kappa shape index (κ1) is 18.8. The number of hydrogen-bond acceptors (Lipinski definition) is 4. The summed E-state index contributed by atoms with van der Waals surface area (Å²) in [6.07, 6.45) is 1.40. The van der Waals surface area contributed by atoms with Crippen LogP contribution in [-0.2, 0) is 4.79 Å². The quantitative estimate of drug-likeness (QED) is 0.391. The summed E-state index contributed by atoms with van der Waals surface area (Å²) in [5.74, 6) is -0.856. The van der Waals surface area contributed by atoms with Crippen molar-refractivity contribution in [2.24, 2.45) is 5.10 Å². The molecule has 0 saturated carbocycles. The molecule has 0 aliphatic heterocycles. The van der Waals surface area contributed by atoms with Crippen LogP contribution in [0.2, 0.25) is 10.2 Å². The lowest BCUT2D eigenvalue weighted by Gasteiger charge is -2.04. The molecule has 0 atom stereocenters. The van der Waals surface area contributed by atoms with E-state index in [9.17, 15) is 9.59 Å². The average molecular weight is 401 g/mol. The molecular weight excluding hydrogens is 387 g/mol. The molecule has 0 saturated heterocycles. The van der Waals surface area contributed by atoms with Crippen molar-refractivity contribution in [1.82, 2.24) is 15.7 Å². The number of pyridine rings is 1. The molecule has 27 heavy (non-hydrogen) atoms. The van der Waals surface area contributed by atoms with Gasteiger partial charge in [-0.25, -0.2) is 10.4 Å². The highest BCUT2D eigenvalue weighted by molar-refractivity contribution is 6.32. The van der Waals surface area contributed by atoms with E-state index in [1.165, 1.54) is 6.21 Å². The number of carbonyl (C=O) groups is 2. The fourth-order valence-electron chi connectivity index (χ4n) is 2.28. The number of halogens is 2. The Balaban J connectivity index is 1.55. The fraction of sp³-hybridized carbons (Fsp3) is 0.0526. The number of para-hydroxylation sites is 1. The number of hydrazone groups is 1. The van der Waals surface area contributed by atoms with Gasteiger partial charge in [0.15, 0.2) is 0 Å². The summed E-state index contributed by atoms with van der Waals surface area (Å²) in [6.45, 7) is -0.220. The summed E-state index contributed by atoms with van der Waals surface area (Å²) in [4.78, 5) is 28.0. The van der Waals surface area contributed by atoms with Crippen molar-refractivity contribution in [2.75, 3.05) is 6.54 Å². The molecule has 2 N–H and O–H groups in total. The maximum atomic E-state index is 11.9. The number of fused-ring (bicyclic) bond motifs is 1. The Morgan fingerprint density at radius 1 is 1.07 bits per heavy atom. The number of rotatable bonds is 5. The second kappa shape index (κ2) is 8.62. The van der Waals surface area contributed by atoms with Gasteiger partial charge in [-0.05, 0) is 36.4 Å².